The summed E-state index contributed by atoms with van der Waals surface area (Å²) in [5.74, 6) is -0.875. The molecule has 0 bridgehead atoms. The number of amides is 1. The average molecular weight is 468 g/mol. The molecule has 1 aliphatic heterocycles. The smallest absolute Gasteiger partial charge is 0.266 e. The van der Waals surface area contributed by atoms with Gasteiger partial charge in [-0.1, -0.05) is 22.9 Å². The van der Waals surface area contributed by atoms with Crippen LogP contribution >= 0.6 is 22.9 Å². The van der Waals surface area contributed by atoms with Gasteiger partial charge in [-0.25, -0.2) is 12.8 Å². The Kier molecular flexibility index (Phi) is 5.80. The highest BCUT2D eigenvalue weighted by molar-refractivity contribution is 7.89. The number of aromatic nitrogens is 1. The van der Waals surface area contributed by atoms with E-state index >= 15 is 0 Å². The molecule has 30 heavy (non-hydrogen) atoms. The number of sulfonamides is 1. The van der Waals surface area contributed by atoms with Crippen molar-refractivity contribution >= 4 is 49.1 Å². The summed E-state index contributed by atoms with van der Waals surface area (Å²) in [5, 5.41) is 0.434. The molecule has 1 amide bonds. The summed E-state index contributed by atoms with van der Waals surface area (Å²) in [5.41, 5.74) is 0.785. The van der Waals surface area contributed by atoms with E-state index in [2.05, 4.69) is 4.99 Å². The van der Waals surface area contributed by atoms with Crippen LogP contribution in [0.2, 0.25) is 5.02 Å². The van der Waals surface area contributed by atoms with E-state index in [1.54, 1.807) is 6.07 Å². The number of benzene rings is 2. The highest BCUT2D eigenvalue weighted by Crippen LogP contribution is 2.28. The fourth-order valence-corrected chi connectivity index (χ4v) is 6.52. The Hall–Kier alpha value is -2.07. The van der Waals surface area contributed by atoms with Crippen LogP contribution in [0.4, 0.5) is 4.39 Å². The summed E-state index contributed by atoms with van der Waals surface area (Å²) in [6.07, 6.45) is 0.977. The van der Waals surface area contributed by atoms with E-state index in [9.17, 15) is 17.6 Å². The van der Waals surface area contributed by atoms with Crippen molar-refractivity contribution in [2.24, 2.45) is 4.99 Å². The zero-order valence-corrected chi connectivity index (χ0v) is 18.5. The van der Waals surface area contributed by atoms with Gasteiger partial charge in [0.25, 0.3) is 5.91 Å². The van der Waals surface area contributed by atoms with E-state index in [-0.39, 0.29) is 17.3 Å². The van der Waals surface area contributed by atoms with Crippen LogP contribution in [0.1, 0.15) is 19.8 Å². The number of thiazole rings is 1. The maximum atomic E-state index is 13.6. The third kappa shape index (κ3) is 3.82. The van der Waals surface area contributed by atoms with Gasteiger partial charge in [0.05, 0.1) is 15.1 Å². The third-order valence-electron chi connectivity index (χ3n) is 5.08. The first kappa shape index (κ1) is 21.2. The van der Waals surface area contributed by atoms with E-state index in [0.717, 1.165) is 5.52 Å². The molecule has 1 saturated heterocycles. The quantitative estimate of drug-likeness (QED) is 0.586. The number of carbonyl (C=O) groups is 1. The molecule has 0 N–H and O–H groups in total. The van der Waals surface area contributed by atoms with Crippen LogP contribution in [0.25, 0.3) is 10.2 Å². The molecular weight excluding hydrogens is 449 g/mol. The highest BCUT2D eigenvalue weighted by Gasteiger charge is 2.39. The summed E-state index contributed by atoms with van der Waals surface area (Å²) >= 11 is 7.07. The van der Waals surface area contributed by atoms with Gasteiger partial charge in [-0.15, -0.1) is 0 Å². The lowest BCUT2D eigenvalue weighted by atomic mass is 10.2. The molecule has 2 heterocycles. The summed E-state index contributed by atoms with van der Waals surface area (Å²) in [4.78, 5) is 17.8. The van der Waals surface area contributed by atoms with Gasteiger partial charge in [0.15, 0.2) is 4.80 Å². The Morgan fingerprint density at radius 2 is 2.00 bits per heavy atom. The van der Waals surface area contributed by atoms with Crippen LogP contribution < -0.4 is 4.80 Å². The lowest BCUT2D eigenvalue weighted by molar-refractivity contribution is -0.121. The van der Waals surface area contributed by atoms with Gasteiger partial charge in [0, 0.05) is 18.1 Å². The van der Waals surface area contributed by atoms with Crippen molar-refractivity contribution in [3.05, 3.63) is 58.1 Å². The first-order valence-electron chi connectivity index (χ1n) is 9.46. The van der Waals surface area contributed by atoms with Crippen LogP contribution in [0, 0.1) is 5.82 Å². The van der Waals surface area contributed by atoms with E-state index in [4.69, 9.17) is 11.6 Å². The normalized spacial score (nSPS) is 18.4. The summed E-state index contributed by atoms with van der Waals surface area (Å²) < 4.78 is 43.4. The molecule has 10 heteroatoms. The van der Waals surface area contributed by atoms with E-state index < -0.39 is 22.0 Å². The summed E-state index contributed by atoms with van der Waals surface area (Å²) in [6, 6.07) is 9.44. The van der Waals surface area contributed by atoms with Crippen LogP contribution in [0.5, 0.6) is 0 Å². The second-order valence-electron chi connectivity index (χ2n) is 6.92. The molecular formula is C20H19ClFN3O3S2. The van der Waals surface area contributed by atoms with Gasteiger partial charge in [-0.05, 0) is 62.2 Å². The standard InChI is InChI=1S/C20H19ClFN3O3S2/c1-2-24-16-10-7-14(22)12-18(16)29-20(24)23-19(26)17-4-3-11-25(17)30(27,28)15-8-5-13(21)6-9-15/h5-10,12,17H,2-4,11H2,1H3. The summed E-state index contributed by atoms with van der Waals surface area (Å²) in [6.45, 7) is 2.71. The van der Waals surface area contributed by atoms with E-state index in [1.165, 1.54) is 52.0 Å². The van der Waals surface area contributed by atoms with Crippen molar-refractivity contribution in [2.45, 2.75) is 37.2 Å². The molecule has 158 valence electrons. The van der Waals surface area contributed by atoms with Gasteiger partial charge in [0.1, 0.15) is 11.9 Å². The number of fused-ring (bicyclic) bond motifs is 1. The predicted octanol–water partition coefficient (Wildman–Crippen LogP) is 3.80. The molecule has 0 aliphatic carbocycles. The van der Waals surface area contributed by atoms with E-state index in [1.807, 2.05) is 11.5 Å². The fraction of sp³-hybridized carbons (Fsp3) is 0.300. The molecule has 1 unspecified atom stereocenters. The minimum Gasteiger partial charge on any atom is -0.317 e. The van der Waals surface area contributed by atoms with Gasteiger partial charge < -0.3 is 4.57 Å². The molecule has 4 rings (SSSR count). The molecule has 1 aliphatic rings. The van der Waals surface area contributed by atoms with Crippen molar-refractivity contribution in [3.8, 4) is 0 Å². The number of hydrogen-bond donors (Lipinski definition) is 0. The monoisotopic (exact) mass is 467 g/mol. The topological polar surface area (TPSA) is 71.7 Å². The average Bonchev–Trinajstić information content (AvgIpc) is 3.32. The Morgan fingerprint density at radius 3 is 2.70 bits per heavy atom. The molecule has 2 aromatic carbocycles. The molecule has 3 aromatic rings. The predicted molar refractivity (Wildman–Crippen MR) is 114 cm³/mol. The maximum Gasteiger partial charge on any atom is 0.266 e. The number of halogens is 2. The van der Waals surface area contributed by atoms with Crippen molar-refractivity contribution < 1.29 is 17.6 Å². The van der Waals surface area contributed by atoms with Gasteiger partial charge in [0.2, 0.25) is 10.0 Å². The van der Waals surface area contributed by atoms with Crippen molar-refractivity contribution in [3.63, 3.8) is 0 Å². The van der Waals surface area contributed by atoms with Crippen LogP contribution in [-0.4, -0.2) is 35.8 Å². The number of carbonyl (C=O) groups excluding carboxylic acids is 1. The van der Waals surface area contributed by atoms with Crippen molar-refractivity contribution in [1.82, 2.24) is 8.87 Å². The van der Waals surface area contributed by atoms with E-state index in [0.29, 0.717) is 33.9 Å². The van der Waals surface area contributed by atoms with Gasteiger partial charge in [-0.2, -0.15) is 9.30 Å². The number of rotatable bonds is 4. The van der Waals surface area contributed by atoms with Crippen molar-refractivity contribution in [2.75, 3.05) is 6.54 Å². The minimum absolute atomic E-state index is 0.0903. The minimum atomic E-state index is -3.85. The van der Waals surface area contributed by atoms with Crippen LogP contribution in [-0.2, 0) is 21.4 Å². The first-order valence-corrected chi connectivity index (χ1v) is 12.1. The maximum absolute atomic E-state index is 13.6. The molecule has 1 atom stereocenters. The Labute approximate surface area is 182 Å². The number of nitrogens with zero attached hydrogens (tertiary/aromatic N) is 3. The lowest BCUT2D eigenvalue weighted by Crippen LogP contribution is -2.40. The fourth-order valence-electron chi connectivity index (χ4n) is 3.62. The highest BCUT2D eigenvalue weighted by atomic mass is 35.5. The molecule has 0 spiro atoms. The van der Waals surface area contributed by atoms with Crippen LogP contribution in [0.3, 0.4) is 0 Å². The molecule has 1 fully saturated rings. The Bertz CT molecular complexity index is 1280. The lowest BCUT2D eigenvalue weighted by Gasteiger charge is -2.21. The zero-order chi connectivity index (χ0) is 21.5. The van der Waals surface area contributed by atoms with Gasteiger partial charge >= 0.3 is 0 Å². The zero-order valence-electron chi connectivity index (χ0n) is 16.1. The molecule has 0 saturated carbocycles. The Morgan fingerprint density at radius 1 is 1.27 bits per heavy atom. The first-order chi connectivity index (χ1) is 14.3. The second kappa shape index (κ2) is 8.22. The SMILES string of the molecule is CCn1c(=NC(=O)C2CCCN2S(=O)(=O)c2ccc(Cl)cc2)sc2cc(F)ccc21. The molecule has 6 nitrogen and oxygen atoms in total. The molecule has 1 aromatic heterocycles. The van der Waals surface area contributed by atoms with Crippen LogP contribution in [0.15, 0.2) is 52.4 Å². The summed E-state index contributed by atoms with van der Waals surface area (Å²) in [7, 11) is -3.85. The largest absolute Gasteiger partial charge is 0.317 e. The van der Waals surface area contributed by atoms with Crippen molar-refractivity contribution in [1.29, 1.82) is 0 Å². The van der Waals surface area contributed by atoms with Gasteiger partial charge in [-0.3, -0.25) is 4.79 Å². The number of hydrogen-bond acceptors (Lipinski definition) is 4. The second-order valence-corrected chi connectivity index (χ2v) is 10.3. The number of aryl methyl sites for hydroxylation is 1. The Balaban J connectivity index is 1.71. The third-order valence-corrected chi connectivity index (χ3v) is 8.29. The molecule has 0 radical (unpaired) electrons.